The second kappa shape index (κ2) is 4.63. The maximum Gasteiger partial charge on any atom is 0.105 e. The summed E-state index contributed by atoms with van der Waals surface area (Å²) in [5.41, 5.74) is 0. The molecule has 0 saturated heterocycles. The molecule has 0 aliphatic carbocycles. The second-order valence-electron chi connectivity index (χ2n) is 2.93. The molecular formula is C9H14N4. The SMILES string of the molecule is CNC(C#N)CCn1ccnc1C. The largest absolute Gasteiger partial charge is 0.335 e. The van der Waals surface area contributed by atoms with Crippen LogP contribution in [0.3, 0.4) is 0 Å². The standard InChI is InChI=1S/C9H14N4/c1-8-12-4-6-13(8)5-3-9(7-10)11-2/h4,6,9,11H,3,5H2,1-2H3. The third kappa shape index (κ3) is 2.56. The quantitative estimate of drug-likeness (QED) is 0.738. The predicted molar refractivity (Wildman–Crippen MR) is 50.0 cm³/mol. The Labute approximate surface area is 78.2 Å². The van der Waals surface area contributed by atoms with Crippen LogP contribution < -0.4 is 5.32 Å². The molecule has 1 heterocycles. The molecule has 0 spiro atoms. The van der Waals surface area contributed by atoms with Crippen LogP contribution in [-0.2, 0) is 6.54 Å². The third-order valence-electron chi connectivity index (χ3n) is 2.09. The van der Waals surface area contributed by atoms with Gasteiger partial charge >= 0.3 is 0 Å². The van der Waals surface area contributed by atoms with Crippen molar-refractivity contribution in [3.05, 3.63) is 18.2 Å². The minimum absolute atomic E-state index is 0.0678. The summed E-state index contributed by atoms with van der Waals surface area (Å²) in [5, 5.41) is 11.6. The monoisotopic (exact) mass is 178 g/mol. The van der Waals surface area contributed by atoms with E-state index in [2.05, 4.69) is 16.4 Å². The van der Waals surface area contributed by atoms with Crippen molar-refractivity contribution in [2.45, 2.75) is 25.9 Å². The van der Waals surface area contributed by atoms with Crippen LogP contribution in [0, 0.1) is 18.3 Å². The van der Waals surface area contributed by atoms with Gasteiger partial charge in [0.15, 0.2) is 0 Å². The van der Waals surface area contributed by atoms with Gasteiger partial charge in [-0.3, -0.25) is 0 Å². The Bertz CT molecular complexity index is 297. The molecular weight excluding hydrogens is 164 g/mol. The molecule has 0 aromatic carbocycles. The summed E-state index contributed by atoms with van der Waals surface area (Å²) in [7, 11) is 1.80. The Morgan fingerprint density at radius 2 is 2.54 bits per heavy atom. The number of hydrogen-bond donors (Lipinski definition) is 1. The van der Waals surface area contributed by atoms with E-state index in [1.165, 1.54) is 0 Å². The van der Waals surface area contributed by atoms with Crippen molar-refractivity contribution in [3.63, 3.8) is 0 Å². The van der Waals surface area contributed by atoms with Gasteiger partial charge in [-0.05, 0) is 20.4 Å². The topological polar surface area (TPSA) is 53.6 Å². The number of aromatic nitrogens is 2. The summed E-state index contributed by atoms with van der Waals surface area (Å²) in [6.45, 7) is 2.80. The Morgan fingerprint density at radius 1 is 1.77 bits per heavy atom. The number of nitriles is 1. The van der Waals surface area contributed by atoms with Crippen LogP contribution >= 0.6 is 0 Å². The highest BCUT2D eigenvalue weighted by Gasteiger charge is 2.04. The number of nitrogens with one attached hydrogen (secondary N) is 1. The van der Waals surface area contributed by atoms with Gasteiger partial charge in [-0.1, -0.05) is 0 Å². The summed E-state index contributed by atoms with van der Waals surface area (Å²) in [5.74, 6) is 0.993. The lowest BCUT2D eigenvalue weighted by Crippen LogP contribution is -2.24. The molecule has 0 bridgehead atoms. The fraction of sp³-hybridized carbons (Fsp3) is 0.556. The molecule has 1 aromatic heterocycles. The van der Waals surface area contributed by atoms with E-state index in [0.29, 0.717) is 0 Å². The molecule has 0 saturated carbocycles. The first-order valence-electron chi connectivity index (χ1n) is 4.32. The van der Waals surface area contributed by atoms with Crippen LogP contribution in [-0.4, -0.2) is 22.6 Å². The third-order valence-corrected chi connectivity index (χ3v) is 2.09. The van der Waals surface area contributed by atoms with Gasteiger partial charge in [0.25, 0.3) is 0 Å². The van der Waals surface area contributed by atoms with Crippen LogP contribution in [0.25, 0.3) is 0 Å². The minimum Gasteiger partial charge on any atom is -0.335 e. The number of nitrogens with zero attached hydrogens (tertiary/aromatic N) is 3. The van der Waals surface area contributed by atoms with Crippen molar-refractivity contribution in [1.29, 1.82) is 5.26 Å². The summed E-state index contributed by atoms with van der Waals surface area (Å²) in [6.07, 6.45) is 4.51. The van der Waals surface area contributed by atoms with Gasteiger partial charge in [-0.2, -0.15) is 5.26 Å². The highest BCUT2D eigenvalue weighted by molar-refractivity contribution is 4.92. The van der Waals surface area contributed by atoms with Crippen molar-refractivity contribution < 1.29 is 0 Å². The maximum absolute atomic E-state index is 8.69. The summed E-state index contributed by atoms with van der Waals surface area (Å²) < 4.78 is 2.04. The fourth-order valence-corrected chi connectivity index (χ4v) is 1.18. The summed E-state index contributed by atoms with van der Waals surface area (Å²) in [6, 6.07) is 2.12. The van der Waals surface area contributed by atoms with Gasteiger partial charge in [0.1, 0.15) is 5.82 Å². The Hall–Kier alpha value is -1.34. The van der Waals surface area contributed by atoms with Gasteiger partial charge in [-0.25, -0.2) is 4.98 Å². The van der Waals surface area contributed by atoms with E-state index in [1.54, 1.807) is 13.2 Å². The zero-order valence-corrected chi connectivity index (χ0v) is 7.99. The molecule has 70 valence electrons. The fourth-order valence-electron chi connectivity index (χ4n) is 1.18. The van der Waals surface area contributed by atoms with Crippen molar-refractivity contribution in [3.8, 4) is 6.07 Å². The molecule has 0 fully saturated rings. The minimum atomic E-state index is -0.0678. The van der Waals surface area contributed by atoms with E-state index in [1.807, 2.05) is 17.7 Å². The predicted octanol–water partition coefficient (Wildman–Crippen LogP) is 0.693. The number of imidazole rings is 1. The average Bonchev–Trinajstić information content (AvgIpc) is 2.54. The average molecular weight is 178 g/mol. The molecule has 1 rings (SSSR count). The van der Waals surface area contributed by atoms with E-state index in [4.69, 9.17) is 5.26 Å². The van der Waals surface area contributed by atoms with Crippen molar-refractivity contribution in [1.82, 2.24) is 14.9 Å². The summed E-state index contributed by atoms with van der Waals surface area (Å²) >= 11 is 0. The molecule has 0 amide bonds. The first kappa shape index (κ1) is 9.75. The van der Waals surface area contributed by atoms with Crippen LogP contribution in [0.4, 0.5) is 0 Å². The highest BCUT2D eigenvalue weighted by Crippen LogP contribution is 1.99. The lowest BCUT2D eigenvalue weighted by Gasteiger charge is -2.08. The number of aryl methyl sites for hydroxylation is 2. The molecule has 0 radical (unpaired) electrons. The lowest BCUT2D eigenvalue weighted by molar-refractivity contribution is 0.544. The molecule has 4 heteroatoms. The van der Waals surface area contributed by atoms with Crippen LogP contribution in [0.5, 0.6) is 0 Å². The molecule has 0 aliphatic heterocycles. The molecule has 13 heavy (non-hydrogen) atoms. The number of rotatable bonds is 4. The molecule has 1 atom stereocenters. The molecule has 1 aromatic rings. The molecule has 0 aliphatic rings. The zero-order valence-electron chi connectivity index (χ0n) is 7.99. The smallest absolute Gasteiger partial charge is 0.105 e. The molecule has 1 unspecified atom stereocenters. The molecule has 4 nitrogen and oxygen atoms in total. The van der Waals surface area contributed by atoms with E-state index >= 15 is 0 Å². The summed E-state index contributed by atoms with van der Waals surface area (Å²) in [4.78, 5) is 4.11. The maximum atomic E-state index is 8.69. The van der Waals surface area contributed by atoms with Crippen molar-refractivity contribution in [2.24, 2.45) is 0 Å². The van der Waals surface area contributed by atoms with E-state index in [-0.39, 0.29) is 6.04 Å². The van der Waals surface area contributed by atoms with Gasteiger partial charge in [0, 0.05) is 18.9 Å². The van der Waals surface area contributed by atoms with E-state index < -0.39 is 0 Å². The van der Waals surface area contributed by atoms with Gasteiger partial charge in [0.2, 0.25) is 0 Å². The first-order chi connectivity index (χ1) is 6.27. The lowest BCUT2D eigenvalue weighted by atomic mass is 10.2. The normalized spacial score (nSPS) is 12.4. The van der Waals surface area contributed by atoms with Crippen LogP contribution in [0.15, 0.2) is 12.4 Å². The number of hydrogen-bond acceptors (Lipinski definition) is 3. The second-order valence-corrected chi connectivity index (χ2v) is 2.93. The first-order valence-corrected chi connectivity index (χ1v) is 4.32. The van der Waals surface area contributed by atoms with E-state index in [0.717, 1.165) is 18.8 Å². The van der Waals surface area contributed by atoms with Crippen LogP contribution in [0.1, 0.15) is 12.2 Å². The van der Waals surface area contributed by atoms with Crippen molar-refractivity contribution >= 4 is 0 Å². The Morgan fingerprint density at radius 3 is 3.00 bits per heavy atom. The van der Waals surface area contributed by atoms with Gasteiger partial charge in [-0.15, -0.1) is 0 Å². The Kier molecular flexibility index (Phi) is 3.47. The molecule has 1 N–H and O–H groups in total. The van der Waals surface area contributed by atoms with Crippen LogP contribution in [0.2, 0.25) is 0 Å². The van der Waals surface area contributed by atoms with Gasteiger partial charge in [0.05, 0.1) is 12.1 Å². The Balaban J connectivity index is 2.44. The van der Waals surface area contributed by atoms with Gasteiger partial charge < -0.3 is 9.88 Å². The highest BCUT2D eigenvalue weighted by atomic mass is 15.1. The van der Waals surface area contributed by atoms with Crippen molar-refractivity contribution in [2.75, 3.05) is 7.05 Å². The zero-order chi connectivity index (χ0) is 9.68. The van der Waals surface area contributed by atoms with E-state index in [9.17, 15) is 0 Å².